The molecular weight excluding hydrogens is 407 g/mol. The van der Waals surface area contributed by atoms with Crippen LogP contribution in [0.4, 0.5) is 27.5 Å². The second-order valence-corrected chi connectivity index (χ2v) is 7.80. The maximum Gasteiger partial charge on any atom is 0.229 e. The smallest absolute Gasteiger partial charge is 0.229 e. The van der Waals surface area contributed by atoms with Crippen LogP contribution in [0, 0.1) is 5.82 Å². The number of anilines is 4. The van der Waals surface area contributed by atoms with Gasteiger partial charge in [0.05, 0.1) is 35.3 Å². The fourth-order valence-electron chi connectivity index (χ4n) is 3.90. The highest BCUT2D eigenvalue weighted by Gasteiger charge is 2.18. The van der Waals surface area contributed by atoms with Crippen LogP contribution in [0.2, 0.25) is 0 Å². The van der Waals surface area contributed by atoms with Gasteiger partial charge in [-0.05, 0) is 51.1 Å². The molecule has 0 spiro atoms. The molecule has 0 aliphatic rings. The SMILES string of the molecule is CCN(c1nc(Nc2ccc3c(cnn3C(C)C)c2)ncc1F)c1cccc2[nH]ncc12. The van der Waals surface area contributed by atoms with E-state index in [1.165, 1.54) is 6.20 Å². The Bertz CT molecular complexity index is 1400. The van der Waals surface area contributed by atoms with Gasteiger partial charge in [0, 0.05) is 29.0 Å². The van der Waals surface area contributed by atoms with Crippen LogP contribution in [-0.4, -0.2) is 36.5 Å². The van der Waals surface area contributed by atoms with E-state index >= 15 is 0 Å². The molecule has 0 saturated heterocycles. The Kier molecular flexibility index (Phi) is 4.93. The molecule has 0 radical (unpaired) electrons. The van der Waals surface area contributed by atoms with Gasteiger partial charge >= 0.3 is 0 Å². The largest absolute Gasteiger partial charge is 0.324 e. The minimum Gasteiger partial charge on any atom is -0.324 e. The number of hydrogen-bond donors (Lipinski definition) is 2. The Labute approximate surface area is 184 Å². The molecular formula is C23H23FN8. The topological polar surface area (TPSA) is 87.5 Å². The van der Waals surface area contributed by atoms with Crippen molar-refractivity contribution in [1.82, 2.24) is 29.9 Å². The summed E-state index contributed by atoms with van der Waals surface area (Å²) < 4.78 is 16.8. The molecule has 3 heterocycles. The molecule has 0 bridgehead atoms. The van der Waals surface area contributed by atoms with Gasteiger partial charge in [-0.1, -0.05) is 6.07 Å². The van der Waals surface area contributed by atoms with Crippen LogP contribution in [0.25, 0.3) is 21.8 Å². The molecule has 0 saturated carbocycles. The summed E-state index contributed by atoms with van der Waals surface area (Å²) in [5.41, 5.74) is 3.56. The first-order valence-electron chi connectivity index (χ1n) is 10.5. The van der Waals surface area contributed by atoms with Gasteiger partial charge in [-0.25, -0.2) is 9.37 Å². The summed E-state index contributed by atoms with van der Waals surface area (Å²) in [5.74, 6) is 0.0220. The molecule has 3 aromatic heterocycles. The fourth-order valence-corrected chi connectivity index (χ4v) is 3.90. The molecule has 5 rings (SSSR count). The lowest BCUT2D eigenvalue weighted by Crippen LogP contribution is -2.20. The monoisotopic (exact) mass is 430 g/mol. The van der Waals surface area contributed by atoms with E-state index in [9.17, 15) is 4.39 Å². The van der Waals surface area contributed by atoms with E-state index in [-0.39, 0.29) is 11.9 Å². The molecule has 9 heteroatoms. The second kappa shape index (κ2) is 7.92. The predicted molar refractivity (Wildman–Crippen MR) is 124 cm³/mol. The van der Waals surface area contributed by atoms with Gasteiger partial charge in [0.25, 0.3) is 0 Å². The average Bonchev–Trinajstić information content (AvgIpc) is 3.43. The number of benzene rings is 2. The van der Waals surface area contributed by atoms with Crippen molar-refractivity contribution in [2.75, 3.05) is 16.8 Å². The second-order valence-electron chi connectivity index (χ2n) is 7.80. The summed E-state index contributed by atoms with van der Waals surface area (Å²) in [6.45, 7) is 6.66. The quantitative estimate of drug-likeness (QED) is 0.379. The van der Waals surface area contributed by atoms with Crippen LogP contribution in [0.3, 0.4) is 0 Å². The van der Waals surface area contributed by atoms with Crippen LogP contribution in [-0.2, 0) is 0 Å². The molecule has 0 amide bonds. The molecule has 162 valence electrons. The fraction of sp³-hybridized carbons (Fsp3) is 0.217. The maximum atomic E-state index is 14.8. The first-order chi connectivity index (χ1) is 15.5. The van der Waals surface area contributed by atoms with E-state index in [4.69, 9.17) is 0 Å². The van der Waals surface area contributed by atoms with Crippen molar-refractivity contribution in [2.24, 2.45) is 0 Å². The van der Waals surface area contributed by atoms with E-state index in [0.717, 1.165) is 33.2 Å². The molecule has 0 aliphatic heterocycles. The first kappa shape index (κ1) is 19.9. The molecule has 2 N–H and O–H groups in total. The van der Waals surface area contributed by atoms with Crippen LogP contribution < -0.4 is 10.2 Å². The minimum absolute atomic E-state index is 0.201. The van der Waals surface area contributed by atoms with Gasteiger partial charge in [0.1, 0.15) is 0 Å². The van der Waals surface area contributed by atoms with Gasteiger partial charge in [0.15, 0.2) is 11.6 Å². The number of aromatic amines is 1. The molecule has 0 fully saturated rings. The summed E-state index contributed by atoms with van der Waals surface area (Å²) in [6.07, 6.45) is 4.76. The number of H-pyrrole nitrogens is 1. The summed E-state index contributed by atoms with van der Waals surface area (Å²) in [5, 5.41) is 16.6. The summed E-state index contributed by atoms with van der Waals surface area (Å²) >= 11 is 0. The highest BCUT2D eigenvalue weighted by molar-refractivity contribution is 5.93. The van der Waals surface area contributed by atoms with Crippen LogP contribution in [0.1, 0.15) is 26.8 Å². The van der Waals surface area contributed by atoms with Crippen LogP contribution in [0.15, 0.2) is 55.0 Å². The molecule has 0 unspecified atom stereocenters. The zero-order chi connectivity index (χ0) is 22.2. The van der Waals surface area contributed by atoms with E-state index in [0.29, 0.717) is 12.5 Å². The molecule has 32 heavy (non-hydrogen) atoms. The van der Waals surface area contributed by atoms with Crippen molar-refractivity contribution < 1.29 is 4.39 Å². The number of fused-ring (bicyclic) bond motifs is 2. The van der Waals surface area contributed by atoms with Gasteiger partial charge in [-0.3, -0.25) is 9.78 Å². The molecule has 5 aromatic rings. The lowest BCUT2D eigenvalue weighted by Gasteiger charge is -2.23. The number of nitrogens with one attached hydrogen (secondary N) is 2. The van der Waals surface area contributed by atoms with Crippen molar-refractivity contribution in [3.63, 3.8) is 0 Å². The average molecular weight is 430 g/mol. The highest BCUT2D eigenvalue weighted by atomic mass is 19.1. The van der Waals surface area contributed by atoms with Gasteiger partial charge in [-0.15, -0.1) is 0 Å². The van der Waals surface area contributed by atoms with E-state index in [1.54, 1.807) is 6.20 Å². The van der Waals surface area contributed by atoms with Crippen molar-refractivity contribution >= 4 is 44.9 Å². The third kappa shape index (κ3) is 3.41. The molecule has 0 atom stereocenters. The first-order valence-corrected chi connectivity index (χ1v) is 10.5. The van der Waals surface area contributed by atoms with Gasteiger partial charge in [0.2, 0.25) is 5.95 Å². The summed E-state index contributed by atoms with van der Waals surface area (Å²) in [6, 6.07) is 12.0. The van der Waals surface area contributed by atoms with Gasteiger partial charge in [-0.2, -0.15) is 15.2 Å². The lowest BCUT2D eigenvalue weighted by molar-refractivity contribution is 0.551. The Morgan fingerprint density at radius 3 is 2.84 bits per heavy atom. The van der Waals surface area contributed by atoms with Gasteiger partial charge < -0.3 is 10.2 Å². The summed E-state index contributed by atoms with van der Waals surface area (Å²) in [4.78, 5) is 10.5. The Morgan fingerprint density at radius 2 is 2.03 bits per heavy atom. The van der Waals surface area contributed by atoms with Crippen LogP contribution in [0.5, 0.6) is 0 Å². The Morgan fingerprint density at radius 1 is 1.16 bits per heavy atom. The Balaban J connectivity index is 1.49. The molecule has 0 aliphatic carbocycles. The lowest BCUT2D eigenvalue weighted by atomic mass is 10.2. The zero-order valence-corrected chi connectivity index (χ0v) is 18.0. The van der Waals surface area contributed by atoms with Crippen molar-refractivity contribution in [3.05, 3.63) is 60.8 Å². The van der Waals surface area contributed by atoms with E-state index < -0.39 is 5.82 Å². The van der Waals surface area contributed by atoms with Crippen molar-refractivity contribution in [2.45, 2.75) is 26.8 Å². The van der Waals surface area contributed by atoms with Crippen LogP contribution >= 0.6 is 0 Å². The third-order valence-corrected chi connectivity index (χ3v) is 5.39. The normalized spacial score (nSPS) is 11.5. The summed E-state index contributed by atoms with van der Waals surface area (Å²) in [7, 11) is 0. The number of aromatic nitrogens is 6. The third-order valence-electron chi connectivity index (χ3n) is 5.39. The highest BCUT2D eigenvalue weighted by Crippen LogP contribution is 2.32. The van der Waals surface area contributed by atoms with Crippen molar-refractivity contribution in [3.8, 4) is 0 Å². The zero-order valence-electron chi connectivity index (χ0n) is 18.0. The van der Waals surface area contributed by atoms with E-state index in [2.05, 4.69) is 44.4 Å². The standard InChI is InChI=1S/C23H23FN8/c1-4-31(21-7-5-6-19-17(21)12-26-30-19)22-18(24)13-25-23(29-22)28-16-8-9-20-15(10-16)11-27-32(20)14(2)3/h5-14H,4H2,1-3H3,(H,26,30)(H,25,28,29). The van der Waals surface area contributed by atoms with Crippen molar-refractivity contribution in [1.29, 1.82) is 0 Å². The Hall–Kier alpha value is -4.01. The molecule has 8 nitrogen and oxygen atoms in total. The number of rotatable bonds is 6. The number of nitrogens with zero attached hydrogens (tertiary/aromatic N) is 6. The minimum atomic E-state index is -0.494. The maximum absolute atomic E-state index is 14.8. The van der Waals surface area contributed by atoms with E-state index in [1.807, 2.05) is 59.1 Å². The molecule has 2 aromatic carbocycles. The number of hydrogen-bond acceptors (Lipinski definition) is 6. The predicted octanol–water partition coefficient (Wildman–Crippen LogP) is 5.32. The number of halogens is 1.